The summed E-state index contributed by atoms with van der Waals surface area (Å²) in [5.41, 5.74) is 0.127. The zero-order chi connectivity index (χ0) is 23.2. The number of nitro benzene ring substituents is 1. The van der Waals surface area contributed by atoms with Crippen LogP contribution in [-0.2, 0) is 24.3 Å². The van der Waals surface area contributed by atoms with E-state index in [1.54, 1.807) is 0 Å². The van der Waals surface area contributed by atoms with Crippen molar-refractivity contribution in [1.29, 1.82) is 0 Å². The molecule has 31 heavy (non-hydrogen) atoms. The molecule has 2 aromatic carbocycles. The number of rotatable bonds is 9. The molecule has 0 bridgehead atoms. The maximum atomic E-state index is 12.4. The minimum Gasteiger partial charge on any atom is -0.497 e. The number of esters is 1. The summed E-state index contributed by atoms with van der Waals surface area (Å²) in [6, 6.07) is 9.38. The highest BCUT2D eigenvalue weighted by Crippen LogP contribution is 2.17. The lowest BCUT2D eigenvalue weighted by atomic mass is 10.2. The molecule has 2 rings (SSSR count). The summed E-state index contributed by atoms with van der Waals surface area (Å²) in [6.45, 7) is 2.59. The van der Waals surface area contributed by atoms with E-state index in [1.807, 2.05) is 0 Å². The number of nitrogens with one attached hydrogen (secondary N) is 2. The molecular weight excluding hydrogens is 430 g/mol. The summed E-state index contributed by atoms with van der Waals surface area (Å²) in [4.78, 5) is 34.4. The number of non-ortho nitro benzene ring substituents is 1. The van der Waals surface area contributed by atoms with Crippen molar-refractivity contribution in [3.63, 3.8) is 0 Å². The van der Waals surface area contributed by atoms with Gasteiger partial charge in [-0.1, -0.05) is 0 Å². The van der Waals surface area contributed by atoms with Gasteiger partial charge in [-0.15, -0.1) is 0 Å². The Morgan fingerprint density at radius 1 is 1.03 bits per heavy atom. The van der Waals surface area contributed by atoms with E-state index in [0.717, 1.165) is 0 Å². The van der Waals surface area contributed by atoms with E-state index in [-0.39, 0.29) is 16.3 Å². The molecule has 2 atom stereocenters. The van der Waals surface area contributed by atoms with Crippen LogP contribution in [0.1, 0.15) is 13.8 Å². The Balaban J connectivity index is 1.94. The molecular formula is C19H21N3O8S. The molecule has 0 aliphatic carbocycles. The normalized spacial score (nSPS) is 13.0. The second-order valence-electron chi connectivity index (χ2n) is 6.39. The number of amides is 1. The first kappa shape index (κ1) is 23.8. The van der Waals surface area contributed by atoms with Gasteiger partial charge in [0, 0.05) is 17.8 Å². The molecule has 166 valence electrons. The average molecular weight is 451 g/mol. The first-order chi connectivity index (χ1) is 14.5. The number of anilines is 1. The predicted molar refractivity (Wildman–Crippen MR) is 110 cm³/mol. The molecule has 1 unspecified atom stereocenters. The molecule has 12 heteroatoms. The maximum Gasteiger partial charge on any atom is 0.324 e. The van der Waals surface area contributed by atoms with Crippen molar-refractivity contribution in [3.05, 3.63) is 58.6 Å². The first-order valence-electron chi connectivity index (χ1n) is 8.95. The number of hydrogen-bond acceptors (Lipinski definition) is 8. The van der Waals surface area contributed by atoms with E-state index in [1.165, 1.54) is 69.5 Å². The molecule has 0 heterocycles. The standard InChI is InChI=1S/C19H21N3O8S/c1-12(21-31(27,28)17-10-8-16(29-3)9-11-17)19(24)30-13(2)18(23)20-14-4-6-15(7-5-14)22(25)26/h4-13,21H,1-3H3,(H,20,23)/t12-,13?/m0/s1. The Morgan fingerprint density at radius 3 is 2.13 bits per heavy atom. The number of nitro groups is 1. The van der Waals surface area contributed by atoms with Crippen LogP contribution < -0.4 is 14.8 Å². The van der Waals surface area contributed by atoms with E-state index in [9.17, 15) is 28.1 Å². The SMILES string of the molecule is COc1ccc(S(=O)(=O)N[C@@H](C)C(=O)OC(C)C(=O)Nc2ccc([N+](=O)[O-])cc2)cc1. The van der Waals surface area contributed by atoms with Crippen LogP contribution in [-0.4, -0.2) is 44.5 Å². The van der Waals surface area contributed by atoms with Gasteiger partial charge < -0.3 is 14.8 Å². The number of ether oxygens (including phenoxy) is 2. The zero-order valence-electron chi connectivity index (χ0n) is 16.9. The van der Waals surface area contributed by atoms with Crippen LogP contribution in [0, 0.1) is 10.1 Å². The Labute approximate surface area is 178 Å². The van der Waals surface area contributed by atoms with Gasteiger partial charge in [0.05, 0.1) is 16.9 Å². The lowest BCUT2D eigenvalue weighted by Crippen LogP contribution is -2.42. The van der Waals surface area contributed by atoms with Crippen LogP contribution in [0.2, 0.25) is 0 Å². The van der Waals surface area contributed by atoms with E-state index >= 15 is 0 Å². The zero-order valence-corrected chi connectivity index (χ0v) is 17.7. The summed E-state index contributed by atoms with van der Waals surface area (Å²) in [7, 11) is -2.56. The fraction of sp³-hybridized carbons (Fsp3) is 0.263. The molecule has 0 saturated carbocycles. The van der Waals surface area contributed by atoms with Crippen molar-refractivity contribution in [2.75, 3.05) is 12.4 Å². The Hall–Kier alpha value is -3.51. The number of sulfonamides is 1. The van der Waals surface area contributed by atoms with Crippen molar-refractivity contribution in [2.45, 2.75) is 30.9 Å². The molecule has 1 amide bonds. The lowest BCUT2D eigenvalue weighted by molar-refractivity contribution is -0.384. The number of carbonyl (C=O) groups excluding carboxylic acids is 2. The fourth-order valence-electron chi connectivity index (χ4n) is 2.34. The highest BCUT2D eigenvalue weighted by Gasteiger charge is 2.26. The molecule has 0 aromatic heterocycles. The third kappa shape index (κ3) is 6.49. The molecule has 0 aliphatic rings. The molecule has 0 aliphatic heterocycles. The Kier molecular flexibility index (Phi) is 7.67. The van der Waals surface area contributed by atoms with E-state index < -0.39 is 39.0 Å². The van der Waals surface area contributed by atoms with Crippen molar-refractivity contribution in [3.8, 4) is 5.75 Å². The third-order valence-corrected chi connectivity index (χ3v) is 5.62. The number of benzene rings is 2. The van der Waals surface area contributed by atoms with Crippen LogP contribution in [0.5, 0.6) is 5.75 Å². The average Bonchev–Trinajstić information content (AvgIpc) is 2.73. The second kappa shape index (κ2) is 10.00. The summed E-state index contributed by atoms with van der Waals surface area (Å²) in [5.74, 6) is -1.17. The maximum absolute atomic E-state index is 12.4. The predicted octanol–water partition coefficient (Wildman–Crippen LogP) is 1.84. The van der Waals surface area contributed by atoms with E-state index in [2.05, 4.69) is 10.0 Å². The van der Waals surface area contributed by atoms with Crippen LogP contribution >= 0.6 is 0 Å². The van der Waals surface area contributed by atoms with Crippen LogP contribution in [0.25, 0.3) is 0 Å². The number of nitrogens with zero attached hydrogens (tertiary/aromatic N) is 1. The molecule has 2 N–H and O–H groups in total. The van der Waals surface area contributed by atoms with Crippen molar-refractivity contribution in [2.24, 2.45) is 0 Å². The molecule has 0 spiro atoms. The topological polar surface area (TPSA) is 154 Å². The fourth-order valence-corrected chi connectivity index (χ4v) is 3.54. The van der Waals surface area contributed by atoms with Gasteiger partial charge in [0.15, 0.2) is 6.10 Å². The molecule has 11 nitrogen and oxygen atoms in total. The highest BCUT2D eigenvalue weighted by molar-refractivity contribution is 7.89. The van der Waals surface area contributed by atoms with Crippen molar-refractivity contribution in [1.82, 2.24) is 4.72 Å². The van der Waals surface area contributed by atoms with E-state index in [0.29, 0.717) is 5.75 Å². The first-order valence-corrected chi connectivity index (χ1v) is 10.4. The molecule has 0 fully saturated rings. The van der Waals surface area contributed by atoms with Crippen LogP contribution in [0.3, 0.4) is 0 Å². The highest BCUT2D eigenvalue weighted by atomic mass is 32.2. The van der Waals surface area contributed by atoms with Gasteiger partial charge in [0.1, 0.15) is 11.8 Å². The lowest BCUT2D eigenvalue weighted by Gasteiger charge is -2.17. The Morgan fingerprint density at radius 2 is 1.61 bits per heavy atom. The van der Waals surface area contributed by atoms with Gasteiger partial charge in [-0.3, -0.25) is 19.7 Å². The van der Waals surface area contributed by atoms with Gasteiger partial charge in [0.2, 0.25) is 10.0 Å². The number of methoxy groups -OCH3 is 1. The summed E-state index contributed by atoms with van der Waals surface area (Å²) in [6.07, 6.45) is -1.24. The van der Waals surface area contributed by atoms with Crippen LogP contribution in [0.15, 0.2) is 53.4 Å². The number of hydrogen-bond donors (Lipinski definition) is 2. The monoisotopic (exact) mass is 451 g/mol. The van der Waals surface area contributed by atoms with Crippen LogP contribution in [0.4, 0.5) is 11.4 Å². The summed E-state index contributed by atoms with van der Waals surface area (Å²) >= 11 is 0. The summed E-state index contributed by atoms with van der Waals surface area (Å²) in [5, 5.41) is 13.1. The van der Waals surface area contributed by atoms with Gasteiger partial charge in [-0.2, -0.15) is 4.72 Å². The van der Waals surface area contributed by atoms with Gasteiger partial charge in [-0.25, -0.2) is 8.42 Å². The van der Waals surface area contributed by atoms with Gasteiger partial charge >= 0.3 is 5.97 Å². The minimum atomic E-state index is -4.01. The number of carbonyl (C=O) groups is 2. The molecule has 0 saturated heterocycles. The second-order valence-corrected chi connectivity index (χ2v) is 8.10. The summed E-state index contributed by atoms with van der Waals surface area (Å²) < 4.78 is 37.0. The minimum absolute atomic E-state index is 0.0723. The van der Waals surface area contributed by atoms with Crippen molar-refractivity contribution < 1.29 is 32.4 Å². The van der Waals surface area contributed by atoms with E-state index in [4.69, 9.17) is 9.47 Å². The molecule has 2 aromatic rings. The van der Waals surface area contributed by atoms with Gasteiger partial charge in [-0.05, 0) is 50.2 Å². The van der Waals surface area contributed by atoms with Crippen molar-refractivity contribution >= 4 is 33.3 Å². The Bertz CT molecular complexity index is 1050. The quantitative estimate of drug-likeness (QED) is 0.332. The molecule has 0 radical (unpaired) electrons. The largest absolute Gasteiger partial charge is 0.497 e. The smallest absolute Gasteiger partial charge is 0.324 e. The third-order valence-electron chi connectivity index (χ3n) is 4.06. The van der Waals surface area contributed by atoms with Gasteiger partial charge in [0.25, 0.3) is 11.6 Å².